The molecule has 176 valence electrons. The summed E-state index contributed by atoms with van der Waals surface area (Å²) in [6, 6.07) is 0. The lowest BCUT2D eigenvalue weighted by molar-refractivity contribution is -0.150. The van der Waals surface area contributed by atoms with E-state index < -0.39 is 5.97 Å². The molecule has 0 aromatic carbocycles. The number of aliphatic carboxylic acids is 1. The van der Waals surface area contributed by atoms with E-state index in [4.69, 9.17) is 9.84 Å². The number of allylic oxidation sites excluding steroid dienone is 2. The molecular weight excluding hydrogens is 376 g/mol. The van der Waals surface area contributed by atoms with Crippen LogP contribution in [-0.4, -0.2) is 23.1 Å². The molecular formula is C26H48O4. The minimum Gasteiger partial charge on any atom is -0.481 e. The molecule has 1 atom stereocenters. The van der Waals surface area contributed by atoms with Crippen molar-refractivity contribution >= 4 is 11.9 Å². The summed E-state index contributed by atoms with van der Waals surface area (Å²) in [5.74, 6) is -0.901. The molecule has 0 aliphatic carbocycles. The SMILES string of the molecule is CCCCCCC/C=C\CCCCCCCC(=O)OC(CCCC)CCCC(=O)O. The number of rotatable bonds is 22. The molecule has 4 nitrogen and oxygen atoms in total. The van der Waals surface area contributed by atoms with Gasteiger partial charge in [-0.1, -0.05) is 83.8 Å². The number of carbonyl (C=O) groups is 2. The zero-order chi connectivity index (χ0) is 22.3. The Hall–Kier alpha value is -1.32. The van der Waals surface area contributed by atoms with Gasteiger partial charge in [0.25, 0.3) is 0 Å². The molecule has 4 heteroatoms. The summed E-state index contributed by atoms with van der Waals surface area (Å²) >= 11 is 0. The van der Waals surface area contributed by atoms with Gasteiger partial charge in [-0.25, -0.2) is 0 Å². The molecule has 0 aliphatic rings. The quantitative estimate of drug-likeness (QED) is 0.109. The highest BCUT2D eigenvalue weighted by molar-refractivity contribution is 5.69. The summed E-state index contributed by atoms with van der Waals surface area (Å²) in [4.78, 5) is 22.7. The second-order valence-electron chi connectivity index (χ2n) is 8.52. The summed E-state index contributed by atoms with van der Waals surface area (Å²) in [6.07, 6.45) is 24.1. The number of carboxylic acids is 1. The van der Waals surface area contributed by atoms with E-state index in [-0.39, 0.29) is 18.5 Å². The molecule has 0 aliphatic heterocycles. The van der Waals surface area contributed by atoms with E-state index in [1.54, 1.807) is 0 Å². The number of ether oxygens (including phenoxy) is 1. The van der Waals surface area contributed by atoms with Crippen LogP contribution in [0.3, 0.4) is 0 Å². The second-order valence-corrected chi connectivity index (χ2v) is 8.52. The van der Waals surface area contributed by atoms with Crippen LogP contribution in [0.25, 0.3) is 0 Å². The molecule has 1 unspecified atom stereocenters. The third kappa shape index (κ3) is 21.4. The fraction of sp³-hybridized carbons (Fsp3) is 0.846. The van der Waals surface area contributed by atoms with Gasteiger partial charge in [-0.15, -0.1) is 0 Å². The number of carboxylic acid groups (broad SMARTS) is 1. The summed E-state index contributed by atoms with van der Waals surface area (Å²) < 4.78 is 5.61. The minimum atomic E-state index is -0.784. The van der Waals surface area contributed by atoms with E-state index in [9.17, 15) is 9.59 Å². The maximum Gasteiger partial charge on any atom is 0.306 e. The van der Waals surface area contributed by atoms with E-state index in [1.165, 1.54) is 64.2 Å². The van der Waals surface area contributed by atoms with E-state index in [2.05, 4.69) is 26.0 Å². The van der Waals surface area contributed by atoms with Crippen molar-refractivity contribution in [3.05, 3.63) is 12.2 Å². The highest BCUT2D eigenvalue weighted by atomic mass is 16.5. The van der Waals surface area contributed by atoms with Gasteiger partial charge in [0, 0.05) is 12.8 Å². The molecule has 0 spiro atoms. The van der Waals surface area contributed by atoms with Gasteiger partial charge in [-0.3, -0.25) is 9.59 Å². The summed E-state index contributed by atoms with van der Waals surface area (Å²) in [7, 11) is 0. The molecule has 0 heterocycles. The Morgan fingerprint density at radius 2 is 1.23 bits per heavy atom. The van der Waals surface area contributed by atoms with Crippen LogP contribution < -0.4 is 0 Å². The summed E-state index contributed by atoms with van der Waals surface area (Å²) in [5.41, 5.74) is 0. The zero-order valence-electron chi connectivity index (χ0n) is 19.8. The van der Waals surface area contributed by atoms with Crippen LogP contribution in [0.5, 0.6) is 0 Å². The van der Waals surface area contributed by atoms with Crippen LogP contribution in [0.2, 0.25) is 0 Å². The van der Waals surface area contributed by atoms with Gasteiger partial charge >= 0.3 is 11.9 Å². The van der Waals surface area contributed by atoms with Gasteiger partial charge in [0.15, 0.2) is 0 Å². The first-order valence-electron chi connectivity index (χ1n) is 12.7. The van der Waals surface area contributed by atoms with Crippen molar-refractivity contribution in [3.63, 3.8) is 0 Å². The van der Waals surface area contributed by atoms with Gasteiger partial charge in [0.05, 0.1) is 0 Å². The molecule has 0 aromatic rings. The smallest absolute Gasteiger partial charge is 0.306 e. The van der Waals surface area contributed by atoms with Gasteiger partial charge in [-0.2, -0.15) is 0 Å². The van der Waals surface area contributed by atoms with Crippen LogP contribution in [0, 0.1) is 0 Å². The fourth-order valence-electron chi connectivity index (χ4n) is 3.58. The molecule has 1 N–H and O–H groups in total. The van der Waals surface area contributed by atoms with Crippen LogP contribution in [0.15, 0.2) is 12.2 Å². The average Bonchev–Trinajstić information content (AvgIpc) is 2.71. The largest absolute Gasteiger partial charge is 0.481 e. The summed E-state index contributed by atoms with van der Waals surface area (Å²) in [5, 5.41) is 8.77. The van der Waals surface area contributed by atoms with Crippen molar-refractivity contribution in [2.24, 2.45) is 0 Å². The van der Waals surface area contributed by atoms with Crippen molar-refractivity contribution in [2.45, 2.75) is 142 Å². The number of carbonyl (C=O) groups excluding carboxylic acids is 1. The minimum absolute atomic E-state index is 0.116. The lowest BCUT2D eigenvalue weighted by atomic mass is 10.1. The maximum atomic E-state index is 12.1. The molecule has 30 heavy (non-hydrogen) atoms. The van der Waals surface area contributed by atoms with Crippen molar-refractivity contribution in [3.8, 4) is 0 Å². The Bertz CT molecular complexity index is 431. The third-order valence-electron chi connectivity index (χ3n) is 5.49. The van der Waals surface area contributed by atoms with E-state index in [0.717, 1.165) is 32.1 Å². The van der Waals surface area contributed by atoms with Gasteiger partial charge in [-0.05, 0) is 51.4 Å². The standard InChI is InChI=1S/C26H48O4/c1-3-5-7-8-9-10-11-12-13-14-15-16-17-18-23-26(29)30-24(20-6-4-2)21-19-22-25(27)28/h11-12,24H,3-10,13-23H2,1-2H3,(H,27,28)/b12-11-. The molecule has 0 saturated heterocycles. The Morgan fingerprint density at radius 3 is 1.83 bits per heavy atom. The van der Waals surface area contributed by atoms with Crippen molar-refractivity contribution in [1.82, 2.24) is 0 Å². The Kier molecular flexibility index (Phi) is 21.4. The normalized spacial score (nSPS) is 12.3. The average molecular weight is 425 g/mol. The zero-order valence-corrected chi connectivity index (χ0v) is 19.8. The monoisotopic (exact) mass is 424 g/mol. The van der Waals surface area contributed by atoms with Gasteiger partial charge < -0.3 is 9.84 Å². The molecule has 0 saturated carbocycles. The number of unbranched alkanes of at least 4 members (excludes halogenated alkanes) is 11. The predicted octanol–water partition coefficient (Wildman–Crippen LogP) is 7.99. The second kappa shape index (κ2) is 22.4. The molecule has 0 radical (unpaired) electrons. The Balaban J connectivity index is 3.63. The Morgan fingerprint density at radius 1 is 0.700 bits per heavy atom. The summed E-state index contributed by atoms with van der Waals surface area (Å²) in [6.45, 7) is 4.36. The number of hydrogen-bond acceptors (Lipinski definition) is 3. The molecule has 0 bridgehead atoms. The first kappa shape index (κ1) is 28.7. The van der Waals surface area contributed by atoms with Gasteiger partial charge in [0.2, 0.25) is 0 Å². The van der Waals surface area contributed by atoms with E-state index >= 15 is 0 Å². The highest BCUT2D eigenvalue weighted by Crippen LogP contribution is 2.15. The first-order chi connectivity index (χ1) is 14.6. The maximum absolute atomic E-state index is 12.1. The fourth-order valence-corrected chi connectivity index (χ4v) is 3.58. The van der Waals surface area contributed by atoms with E-state index in [0.29, 0.717) is 19.3 Å². The molecule has 0 aromatic heterocycles. The predicted molar refractivity (Wildman–Crippen MR) is 126 cm³/mol. The van der Waals surface area contributed by atoms with Gasteiger partial charge in [0.1, 0.15) is 6.10 Å². The lowest BCUT2D eigenvalue weighted by Crippen LogP contribution is -2.18. The molecule has 0 rings (SSSR count). The van der Waals surface area contributed by atoms with E-state index in [1.807, 2.05) is 0 Å². The van der Waals surface area contributed by atoms with Crippen LogP contribution in [-0.2, 0) is 14.3 Å². The van der Waals surface area contributed by atoms with Crippen LogP contribution in [0.4, 0.5) is 0 Å². The first-order valence-corrected chi connectivity index (χ1v) is 12.7. The Labute approximate surface area is 185 Å². The van der Waals surface area contributed by atoms with Crippen LogP contribution in [0.1, 0.15) is 136 Å². The van der Waals surface area contributed by atoms with Crippen molar-refractivity contribution in [1.29, 1.82) is 0 Å². The van der Waals surface area contributed by atoms with Crippen molar-refractivity contribution < 1.29 is 19.4 Å². The topological polar surface area (TPSA) is 63.6 Å². The third-order valence-corrected chi connectivity index (χ3v) is 5.49. The van der Waals surface area contributed by atoms with Crippen LogP contribution >= 0.6 is 0 Å². The number of hydrogen-bond donors (Lipinski definition) is 1. The number of esters is 1. The molecule has 0 amide bonds. The lowest BCUT2D eigenvalue weighted by Gasteiger charge is -2.17. The molecule has 0 fully saturated rings. The van der Waals surface area contributed by atoms with Crippen molar-refractivity contribution in [2.75, 3.05) is 0 Å². The highest BCUT2D eigenvalue weighted by Gasteiger charge is 2.14.